The highest BCUT2D eigenvalue weighted by molar-refractivity contribution is 8.22. The lowest BCUT2D eigenvalue weighted by molar-refractivity contribution is 0.415. The van der Waals surface area contributed by atoms with Crippen LogP contribution in [0.25, 0.3) is 0 Å². The lowest BCUT2D eigenvalue weighted by atomic mass is 10.3. The van der Waals surface area contributed by atoms with E-state index in [1.54, 1.807) is 31.4 Å². The molecule has 1 heterocycles. The summed E-state index contributed by atoms with van der Waals surface area (Å²) in [5.41, 5.74) is 0.671. The van der Waals surface area contributed by atoms with Gasteiger partial charge in [-0.25, -0.2) is 0 Å². The third-order valence-corrected chi connectivity index (χ3v) is 14.3. The number of nitrogens with one attached hydrogen (secondary N) is 1. The smallest absolute Gasteiger partial charge is 0.261 e. The minimum atomic E-state index is -3.02. The summed E-state index contributed by atoms with van der Waals surface area (Å²) in [7, 11) is 1.57. The maximum atomic E-state index is 6.35. The predicted molar refractivity (Wildman–Crippen MR) is 93.9 cm³/mol. The fourth-order valence-electron chi connectivity index (χ4n) is 1.34. The lowest BCUT2D eigenvalue weighted by Crippen LogP contribution is -1.91. The molecule has 0 fully saturated rings. The molecule has 0 bridgehead atoms. The SMILES string of the molecule is COc1ccc(NP2(Cl)=NP(Cl)(Cl)=NP(Cl)(Cl)=N2)cc1. The van der Waals surface area contributed by atoms with Crippen molar-refractivity contribution >= 4 is 80.4 Å². The molecule has 20 heavy (non-hydrogen) atoms. The number of nitrogens with zero attached hydrogens (tertiary/aromatic N) is 3. The predicted octanol–water partition coefficient (Wildman–Crippen LogP) is 8.15. The van der Waals surface area contributed by atoms with Gasteiger partial charge in [-0.2, -0.15) is 13.5 Å². The van der Waals surface area contributed by atoms with Crippen LogP contribution in [-0.2, 0) is 0 Å². The van der Waals surface area contributed by atoms with E-state index in [1.807, 2.05) is 0 Å². The van der Waals surface area contributed by atoms with Gasteiger partial charge in [-0.3, -0.25) is 0 Å². The number of hydrogen-bond donors (Lipinski definition) is 1. The van der Waals surface area contributed by atoms with Gasteiger partial charge in [-0.15, -0.1) is 0 Å². The van der Waals surface area contributed by atoms with E-state index in [0.29, 0.717) is 11.4 Å². The van der Waals surface area contributed by atoms with Gasteiger partial charge in [0.1, 0.15) is 5.75 Å². The molecule has 1 atom stereocenters. The van der Waals surface area contributed by atoms with Crippen LogP contribution in [0.5, 0.6) is 5.75 Å². The van der Waals surface area contributed by atoms with Crippen molar-refractivity contribution in [3.63, 3.8) is 0 Å². The molecule has 1 aliphatic heterocycles. The van der Waals surface area contributed by atoms with Crippen molar-refractivity contribution in [2.24, 2.45) is 13.5 Å². The maximum absolute atomic E-state index is 6.35. The van der Waals surface area contributed by atoms with Crippen molar-refractivity contribution in [1.29, 1.82) is 0 Å². The summed E-state index contributed by atoms with van der Waals surface area (Å²) in [5.74, 6) is -5.32. The van der Waals surface area contributed by atoms with Gasteiger partial charge in [0, 0.05) is 5.69 Å². The van der Waals surface area contributed by atoms with Crippen molar-refractivity contribution in [3.8, 4) is 5.75 Å². The summed E-state index contributed by atoms with van der Waals surface area (Å²) in [4.78, 5) is 0. The maximum Gasteiger partial charge on any atom is 0.261 e. The van der Waals surface area contributed by atoms with E-state index in [2.05, 4.69) is 18.6 Å². The summed E-state index contributed by atoms with van der Waals surface area (Å²) in [6.07, 6.45) is 0. The number of rotatable bonds is 3. The summed E-state index contributed by atoms with van der Waals surface area (Å²) in [5, 5.41) is 2.97. The molecule has 0 aliphatic carbocycles. The number of benzene rings is 1. The second kappa shape index (κ2) is 6.22. The van der Waals surface area contributed by atoms with Gasteiger partial charge in [-0.05, 0) is 80.5 Å². The summed E-state index contributed by atoms with van der Waals surface area (Å²) < 4.78 is 17.1. The molecule has 2 rings (SSSR count). The Morgan fingerprint density at radius 2 is 1.45 bits per heavy atom. The van der Waals surface area contributed by atoms with E-state index in [9.17, 15) is 0 Å². The number of anilines is 1. The first-order valence-electron chi connectivity index (χ1n) is 4.95. The highest BCUT2D eigenvalue weighted by Gasteiger charge is 2.32. The number of hydrogen-bond acceptors (Lipinski definition) is 5. The van der Waals surface area contributed by atoms with Gasteiger partial charge in [-0.1, -0.05) is 0 Å². The second-order valence-corrected chi connectivity index (χ2v) is 16.9. The Bertz CT molecular complexity index is 671. The Morgan fingerprint density at radius 1 is 0.900 bits per heavy atom. The average molecular weight is 434 g/mol. The van der Waals surface area contributed by atoms with Crippen LogP contribution in [0, 0.1) is 0 Å². The Kier molecular flexibility index (Phi) is 5.39. The van der Waals surface area contributed by atoms with Crippen LogP contribution in [0.2, 0.25) is 0 Å². The van der Waals surface area contributed by atoms with E-state index in [-0.39, 0.29) is 0 Å². The van der Waals surface area contributed by atoms with Gasteiger partial charge in [0.05, 0.1) is 7.11 Å². The molecule has 0 spiro atoms. The molecule has 13 heteroatoms. The monoisotopic (exact) mass is 432 g/mol. The first-order valence-corrected chi connectivity index (χ1v) is 14.6. The standard InChI is InChI=1S/C7H8Cl5N4OP3/c1-17-7-4-2-6(3-5-7)13-20(12)15-18(8,9)14-19(10,11)16-20/h2-5,13H,1H3. The van der Waals surface area contributed by atoms with E-state index in [4.69, 9.17) is 60.9 Å². The quantitative estimate of drug-likeness (QED) is 0.488. The first-order chi connectivity index (χ1) is 9.13. The largest absolute Gasteiger partial charge is 0.497 e. The number of methoxy groups -OCH3 is 1. The van der Waals surface area contributed by atoms with E-state index in [0.717, 1.165) is 0 Å². The number of ether oxygens (including phenoxy) is 1. The molecular formula is C7H8Cl5N4OP3. The Morgan fingerprint density at radius 3 is 1.95 bits per heavy atom. The summed E-state index contributed by atoms with van der Waals surface area (Å²) >= 11 is 30.3. The molecule has 1 unspecified atom stereocenters. The van der Waals surface area contributed by atoms with Crippen LogP contribution in [0.1, 0.15) is 0 Å². The molecule has 0 radical (unpaired) electrons. The molecule has 0 saturated carbocycles. The minimum absolute atomic E-state index is 0.671. The van der Waals surface area contributed by atoms with E-state index < -0.39 is 18.5 Å². The molecule has 1 N–H and O–H groups in total. The van der Waals surface area contributed by atoms with Crippen molar-refractivity contribution in [3.05, 3.63) is 24.3 Å². The summed E-state index contributed by atoms with van der Waals surface area (Å²) in [6.45, 7) is -2.94. The zero-order valence-corrected chi connectivity index (χ0v) is 16.3. The van der Waals surface area contributed by atoms with Crippen molar-refractivity contribution in [2.75, 3.05) is 12.2 Å². The lowest BCUT2D eigenvalue weighted by Gasteiger charge is -2.22. The van der Waals surface area contributed by atoms with E-state index in [1.165, 1.54) is 0 Å². The Labute approximate surface area is 140 Å². The van der Waals surface area contributed by atoms with Crippen molar-refractivity contribution in [2.45, 2.75) is 0 Å². The summed E-state index contributed by atoms with van der Waals surface area (Å²) in [6, 6.07) is 7.02. The van der Waals surface area contributed by atoms with Gasteiger partial charge in [0.25, 0.3) is 18.5 Å². The third-order valence-electron chi connectivity index (χ3n) is 2.03. The Balaban J connectivity index is 2.39. The van der Waals surface area contributed by atoms with Crippen molar-refractivity contribution in [1.82, 2.24) is 0 Å². The van der Waals surface area contributed by atoms with Crippen LogP contribution < -0.4 is 9.82 Å². The molecule has 0 aromatic heterocycles. The highest BCUT2D eigenvalue weighted by atomic mass is 35.9. The fourth-order valence-corrected chi connectivity index (χ4v) is 18.5. The Hall–Kier alpha value is 0.960. The zero-order valence-electron chi connectivity index (χ0n) is 9.79. The molecule has 0 saturated heterocycles. The van der Waals surface area contributed by atoms with Gasteiger partial charge in [0.2, 0.25) is 0 Å². The van der Waals surface area contributed by atoms with Crippen LogP contribution in [0.4, 0.5) is 5.69 Å². The number of halogens is 5. The molecule has 1 aromatic rings. The zero-order chi connectivity index (χ0) is 15.0. The molecule has 5 nitrogen and oxygen atoms in total. The van der Waals surface area contributed by atoms with Crippen molar-refractivity contribution < 1.29 is 4.74 Å². The van der Waals surface area contributed by atoms with Crippen LogP contribution in [0.3, 0.4) is 0 Å². The topological polar surface area (TPSA) is 58.3 Å². The molecule has 112 valence electrons. The first kappa shape index (κ1) is 17.3. The van der Waals surface area contributed by atoms with Crippen LogP contribution in [-0.4, -0.2) is 7.11 Å². The highest BCUT2D eigenvalue weighted by Crippen LogP contribution is 2.86. The van der Waals surface area contributed by atoms with Crippen LogP contribution >= 0.6 is 74.7 Å². The minimum Gasteiger partial charge on any atom is -0.497 e. The van der Waals surface area contributed by atoms with E-state index >= 15 is 0 Å². The van der Waals surface area contributed by atoms with Gasteiger partial charge >= 0.3 is 0 Å². The fraction of sp³-hybridized carbons (Fsp3) is 0.143. The second-order valence-electron chi connectivity index (χ2n) is 3.55. The third kappa shape index (κ3) is 4.73. The molecule has 0 amide bonds. The average Bonchev–Trinajstić information content (AvgIpc) is 2.24. The molecule has 1 aromatic carbocycles. The molecule has 1 aliphatic rings. The van der Waals surface area contributed by atoms with Crippen LogP contribution in [0.15, 0.2) is 37.8 Å². The van der Waals surface area contributed by atoms with Gasteiger partial charge < -0.3 is 9.82 Å². The molecular weight excluding hydrogens is 426 g/mol. The normalized spacial score (nSPS) is 26.7. The van der Waals surface area contributed by atoms with Gasteiger partial charge in [0.15, 0.2) is 0 Å².